The van der Waals surface area contributed by atoms with E-state index < -0.39 is 0 Å². The average molecular weight is 279 g/mol. The molecule has 110 valence electrons. The maximum Gasteiger partial charge on any atom is 0.292 e. The van der Waals surface area contributed by atoms with E-state index in [1.165, 1.54) is 12.5 Å². The van der Waals surface area contributed by atoms with E-state index in [9.17, 15) is 15.2 Å². The maximum absolute atomic E-state index is 11.1. The molecule has 0 aliphatic heterocycles. The predicted octanol–water partition coefficient (Wildman–Crippen LogP) is 1.98. The molecule has 1 saturated carbocycles. The van der Waals surface area contributed by atoms with Gasteiger partial charge in [0.1, 0.15) is 5.69 Å². The van der Waals surface area contributed by atoms with Crippen LogP contribution in [0.25, 0.3) is 0 Å². The molecule has 6 heteroatoms. The van der Waals surface area contributed by atoms with Gasteiger partial charge in [-0.15, -0.1) is 0 Å². The van der Waals surface area contributed by atoms with Crippen molar-refractivity contribution in [3.05, 3.63) is 33.9 Å². The monoisotopic (exact) mass is 279 g/mol. The number of nitro groups is 1. The lowest BCUT2D eigenvalue weighted by Gasteiger charge is -2.37. The van der Waals surface area contributed by atoms with Gasteiger partial charge in [0.05, 0.1) is 11.5 Å². The summed E-state index contributed by atoms with van der Waals surface area (Å²) in [7, 11) is 1.70. The molecule has 1 fully saturated rings. The highest BCUT2D eigenvalue weighted by Crippen LogP contribution is 2.31. The maximum atomic E-state index is 11.1. The zero-order valence-electron chi connectivity index (χ0n) is 11.7. The number of benzene rings is 1. The Bertz CT molecular complexity index is 475. The summed E-state index contributed by atoms with van der Waals surface area (Å²) in [4.78, 5) is 12.9. The zero-order chi connectivity index (χ0) is 14.5. The second-order valence-corrected chi connectivity index (χ2v) is 5.10. The Morgan fingerprint density at radius 2 is 2.25 bits per heavy atom. The van der Waals surface area contributed by atoms with Gasteiger partial charge in [-0.1, -0.05) is 18.6 Å². The van der Waals surface area contributed by atoms with Gasteiger partial charge in [0.2, 0.25) is 0 Å². The standard InChI is InChI=1S/C14H21N3O3/c1-15-14-11(4-2-7-13(14)17(19)20)10-16(8-9-18)12-5-3-6-12/h2,4,7,12,15,18H,3,5-6,8-10H2,1H3. The first-order chi connectivity index (χ1) is 9.67. The molecule has 0 saturated heterocycles. The zero-order valence-corrected chi connectivity index (χ0v) is 11.7. The molecule has 0 heterocycles. The highest BCUT2D eigenvalue weighted by atomic mass is 16.6. The first-order valence-corrected chi connectivity index (χ1v) is 6.96. The van der Waals surface area contributed by atoms with Crippen LogP contribution in [-0.2, 0) is 6.54 Å². The van der Waals surface area contributed by atoms with Crippen molar-refractivity contribution in [2.24, 2.45) is 0 Å². The van der Waals surface area contributed by atoms with Crippen molar-refractivity contribution < 1.29 is 10.0 Å². The fourth-order valence-electron chi connectivity index (χ4n) is 2.65. The number of nitrogens with zero attached hydrogens (tertiary/aromatic N) is 2. The number of para-hydroxylation sites is 1. The molecule has 6 nitrogen and oxygen atoms in total. The molecule has 1 aliphatic carbocycles. The first-order valence-electron chi connectivity index (χ1n) is 6.96. The molecule has 0 radical (unpaired) electrons. The summed E-state index contributed by atoms with van der Waals surface area (Å²) < 4.78 is 0. The van der Waals surface area contributed by atoms with E-state index in [1.54, 1.807) is 13.1 Å². The van der Waals surface area contributed by atoms with E-state index in [4.69, 9.17) is 0 Å². The molecule has 0 aromatic heterocycles. The fourth-order valence-corrected chi connectivity index (χ4v) is 2.65. The normalized spacial score (nSPS) is 15.2. The van der Waals surface area contributed by atoms with Crippen molar-refractivity contribution in [2.75, 3.05) is 25.5 Å². The van der Waals surface area contributed by atoms with Gasteiger partial charge in [0, 0.05) is 32.2 Å². The lowest BCUT2D eigenvalue weighted by molar-refractivity contribution is -0.384. The lowest BCUT2D eigenvalue weighted by atomic mass is 9.91. The predicted molar refractivity (Wildman–Crippen MR) is 77.8 cm³/mol. The largest absolute Gasteiger partial charge is 0.395 e. The first kappa shape index (κ1) is 14.7. The van der Waals surface area contributed by atoms with Crippen molar-refractivity contribution in [2.45, 2.75) is 31.8 Å². The summed E-state index contributed by atoms with van der Waals surface area (Å²) in [6.07, 6.45) is 3.51. The third kappa shape index (κ3) is 3.08. The van der Waals surface area contributed by atoms with Crippen LogP contribution in [0, 0.1) is 10.1 Å². The third-order valence-corrected chi connectivity index (χ3v) is 3.93. The van der Waals surface area contributed by atoms with Gasteiger partial charge in [-0.2, -0.15) is 0 Å². The Labute approximate surface area is 118 Å². The van der Waals surface area contributed by atoms with E-state index in [-0.39, 0.29) is 17.2 Å². The smallest absolute Gasteiger partial charge is 0.292 e. The Morgan fingerprint density at radius 1 is 1.50 bits per heavy atom. The number of aliphatic hydroxyl groups is 1. The molecule has 0 spiro atoms. The van der Waals surface area contributed by atoms with E-state index in [0.717, 1.165) is 18.4 Å². The molecule has 1 aliphatic rings. The number of nitro benzene ring substituents is 1. The van der Waals surface area contributed by atoms with Crippen molar-refractivity contribution in [3.63, 3.8) is 0 Å². The SMILES string of the molecule is CNc1c(CN(CCO)C2CCC2)cccc1[N+](=O)[O-]. The molecular weight excluding hydrogens is 258 g/mol. The molecule has 1 aromatic carbocycles. The van der Waals surface area contributed by atoms with Crippen LogP contribution in [0.1, 0.15) is 24.8 Å². The van der Waals surface area contributed by atoms with Crippen LogP contribution < -0.4 is 5.32 Å². The lowest BCUT2D eigenvalue weighted by Crippen LogP contribution is -2.41. The summed E-state index contributed by atoms with van der Waals surface area (Å²) in [5, 5.41) is 23.2. The summed E-state index contributed by atoms with van der Waals surface area (Å²) in [6.45, 7) is 1.35. The second-order valence-electron chi connectivity index (χ2n) is 5.10. The minimum absolute atomic E-state index is 0.0996. The van der Waals surface area contributed by atoms with Gasteiger partial charge in [-0.3, -0.25) is 15.0 Å². The van der Waals surface area contributed by atoms with Crippen molar-refractivity contribution in [1.29, 1.82) is 0 Å². The molecule has 2 rings (SSSR count). The fraction of sp³-hybridized carbons (Fsp3) is 0.571. The highest BCUT2D eigenvalue weighted by Gasteiger charge is 2.26. The Hall–Kier alpha value is -1.66. The average Bonchev–Trinajstić information content (AvgIpc) is 2.36. The van der Waals surface area contributed by atoms with Gasteiger partial charge in [0.15, 0.2) is 0 Å². The summed E-state index contributed by atoms with van der Waals surface area (Å²) >= 11 is 0. The quantitative estimate of drug-likeness (QED) is 0.589. The van der Waals surface area contributed by atoms with Gasteiger partial charge in [-0.25, -0.2) is 0 Å². The van der Waals surface area contributed by atoms with E-state index in [0.29, 0.717) is 24.8 Å². The Morgan fingerprint density at radius 3 is 2.75 bits per heavy atom. The molecule has 0 unspecified atom stereocenters. The number of hydrogen-bond donors (Lipinski definition) is 2. The number of anilines is 1. The van der Waals surface area contributed by atoms with Crippen LogP contribution in [0.3, 0.4) is 0 Å². The van der Waals surface area contributed by atoms with E-state index in [2.05, 4.69) is 10.2 Å². The Kier molecular flexibility index (Phi) is 4.92. The molecule has 0 atom stereocenters. The van der Waals surface area contributed by atoms with Crippen molar-refractivity contribution in [3.8, 4) is 0 Å². The van der Waals surface area contributed by atoms with Crippen LogP contribution in [0.5, 0.6) is 0 Å². The van der Waals surface area contributed by atoms with Crippen LogP contribution in [0.15, 0.2) is 18.2 Å². The van der Waals surface area contributed by atoms with Crippen LogP contribution >= 0.6 is 0 Å². The van der Waals surface area contributed by atoms with Crippen LogP contribution in [0.4, 0.5) is 11.4 Å². The summed E-state index contributed by atoms with van der Waals surface area (Å²) in [5.41, 5.74) is 1.57. The number of aliphatic hydroxyl groups excluding tert-OH is 1. The van der Waals surface area contributed by atoms with Gasteiger partial charge < -0.3 is 10.4 Å². The molecule has 0 bridgehead atoms. The highest BCUT2D eigenvalue weighted by molar-refractivity contribution is 5.66. The van der Waals surface area contributed by atoms with Crippen LogP contribution in [0.2, 0.25) is 0 Å². The number of hydrogen-bond acceptors (Lipinski definition) is 5. The van der Waals surface area contributed by atoms with Gasteiger partial charge in [-0.05, 0) is 18.4 Å². The second kappa shape index (κ2) is 6.67. The van der Waals surface area contributed by atoms with Gasteiger partial charge >= 0.3 is 0 Å². The van der Waals surface area contributed by atoms with Crippen molar-refractivity contribution in [1.82, 2.24) is 4.90 Å². The molecule has 2 N–H and O–H groups in total. The number of nitrogens with one attached hydrogen (secondary N) is 1. The molecule has 0 amide bonds. The summed E-state index contributed by atoms with van der Waals surface area (Å²) in [5.74, 6) is 0. The van der Waals surface area contributed by atoms with Crippen molar-refractivity contribution >= 4 is 11.4 Å². The molecular formula is C14H21N3O3. The number of rotatable bonds is 7. The third-order valence-electron chi connectivity index (χ3n) is 3.93. The molecule has 20 heavy (non-hydrogen) atoms. The summed E-state index contributed by atoms with van der Waals surface area (Å²) in [6, 6.07) is 5.62. The minimum atomic E-state index is -0.366. The minimum Gasteiger partial charge on any atom is -0.395 e. The topological polar surface area (TPSA) is 78.6 Å². The van der Waals surface area contributed by atoms with E-state index >= 15 is 0 Å². The Balaban J connectivity index is 2.22. The van der Waals surface area contributed by atoms with Crippen LogP contribution in [-0.4, -0.2) is 41.2 Å². The van der Waals surface area contributed by atoms with Gasteiger partial charge in [0.25, 0.3) is 5.69 Å². The van der Waals surface area contributed by atoms with E-state index in [1.807, 2.05) is 6.07 Å². The molecule has 1 aromatic rings.